The Balaban J connectivity index is 2.41. The second kappa shape index (κ2) is 7.27. The van der Waals surface area contributed by atoms with Gasteiger partial charge in [-0.15, -0.1) is 0 Å². The Morgan fingerprint density at radius 2 is 2.12 bits per heavy atom. The number of phenols is 1. The van der Waals surface area contributed by atoms with Gasteiger partial charge < -0.3 is 20.3 Å². The summed E-state index contributed by atoms with van der Waals surface area (Å²) in [6.07, 6.45) is 0. The van der Waals surface area contributed by atoms with Gasteiger partial charge in [0.2, 0.25) is 0 Å². The van der Waals surface area contributed by atoms with Crippen LogP contribution < -0.4 is 5.32 Å². The number of benzene rings is 1. The molecule has 1 unspecified atom stereocenters. The Morgan fingerprint density at radius 1 is 1.35 bits per heavy atom. The van der Waals surface area contributed by atoms with Gasteiger partial charge >= 0.3 is 0 Å². The lowest BCUT2D eigenvalue weighted by molar-refractivity contribution is 0.0928. The van der Waals surface area contributed by atoms with Crippen molar-refractivity contribution < 1.29 is 14.9 Å². The third-order valence-electron chi connectivity index (χ3n) is 2.58. The van der Waals surface area contributed by atoms with Gasteiger partial charge in [0.15, 0.2) is 0 Å². The second-order valence-corrected chi connectivity index (χ2v) is 4.07. The van der Waals surface area contributed by atoms with Crippen LogP contribution in [0.25, 0.3) is 0 Å². The highest BCUT2D eigenvalue weighted by Gasteiger charge is 2.09. The summed E-state index contributed by atoms with van der Waals surface area (Å²) in [5, 5.41) is 21.5. The van der Waals surface area contributed by atoms with Crippen molar-refractivity contribution in [2.24, 2.45) is 0 Å². The van der Waals surface area contributed by atoms with Gasteiger partial charge in [-0.2, -0.15) is 0 Å². The molecule has 0 saturated heterocycles. The van der Waals surface area contributed by atoms with E-state index in [4.69, 9.17) is 9.84 Å². The second-order valence-electron chi connectivity index (χ2n) is 4.07. The maximum Gasteiger partial charge on any atom is 0.120 e. The topological polar surface area (TPSA) is 61.7 Å². The van der Waals surface area contributed by atoms with Crippen molar-refractivity contribution in [1.82, 2.24) is 5.32 Å². The SMILES string of the molecule is Cc1ccc(O)c(C(C)NCCOCCO)c1. The first kappa shape index (κ1) is 14.0. The Morgan fingerprint density at radius 3 is 2.82 bits per heavy atom. The fourth-order valence-corrected chi connectivity index (χ4v) is 1.64. The molecule has 0 amide bonds. The quantitative estimate of drug-likeness (QED) is 0.629. The van der Waals surface area contributed by atoms with E-state index in [0.717, 1.165) is 11.1 Å². The summed E-state index contributed by atoms with van der Waals surface area (Å²) in [6, 6.07) is 5.65. The van der Waals surface area contributed by atoms with E-state index in [9.17, 15) is 5.11 Å². The fraction of sp³-hybridized carbons (Fsp3) is 0.538. The summed E-state index contributed by atoms with van der Waals surface area (Å²) in [4.78, 5) is 0. The highest BCUT2D eigenvalue weighted by Crippen LogP contribution is 2.24. The van der Waals surface area contributed by atoms with Crippen LogP contribution in [0.5, 0.6) is 5.75 Å². The van der Waals surface area contributed by atoms with Gasteiger partial charge in [-0.3, -0.25) is 0 Å². The average molecular weight is 239 g/mol. The van der Waals surface area contributed by atoms with Gasteiger partial charge in [0.05, 0.1) is 19.8 Å². The lowest BCUT2D eigenvalue weighted by Crippen LogP contribution is -2.23. The largest absolute Gasteiger partial charge is 0.508 e. The number of hydrogen-bond donors (Lipinski definition) is 3. The summed E-state index contributed by atoms with van der Waals surface area (Å²) in [7, 11) is 0. The van der Waals surface area contributed by atoms with Crippen LogP contribution >= 0.6 is 0 Å². The fourth-order valence-electron chi connectivity index (χ4n) is 1.64. The maximum atomic E-state index is 9.74. The van der Waals surface area contributed by atoms with E-state index < -0.39 is 0 Å². The zero-order valence-corrected chi connectivity index (χ0v) is 10.4. The highest BCUT2D eigenvalue weighted by molar-refractivity contribution is 5.37. The third kappa shape index (κ3) is 4.73. The molecule has 0 aromatic heterocycles. The number of ether oxygens (including phenoxy) is 1. The van der Waals surface area contributed by atoms with E-state index in [1.54, 1.807) is 6.07 Å². The highest BCUT2D eigenvalue weighted by atomic mass is 16.5. The van der Waals surface area contributed by atoms with Crippen LogP contribution in [0.15, 0.2) is 18.2 Å². The first-order chi connectivity index (χ1) is 8.15. The molecule has 0 bridgehead atoms. The van der Waals surface area contributed by atoms with E-state index >= 15 is 0 Å². The molecule has 3 N–H and O–H groups in total. The summed E-state index contributed by atoms with van der Waals surface area (Å²) in [6.45, 7) is 5.66. The number of rotatable bonds is 7. The molecule has 1 aromatic rings. The van der Waals surface area contributed by atoms with Gasteiger partial charge in [-0.25, -0.2) is 0 Å². The van der Waals surface area contributed by atoms with E-state index in [1.807, 2.05) is 26.0 Å². The molecule has 0 heterocycles. The lowest BCUT2D eigenvalue weighted by Gasteiger charge is -2.16. The molecule has 0 aliphatic rings. The molecule has 4 heteroatoms. The number of hydrogen-bond acceptors (Lipinski definition) is 4. The summed E-state index contributed by atoms with van der Waals surface area (Å²) in [5.41, 5.74) is 2.02. The van der Waals surface area contributed by atoms with Crippen LogP contribution in [0.3, 0.4) is 0 Å². The molecule has 0 saturated carbocycles. The molecule has 17 heavy (non-hydrogen) atoms. The van der Waals surface area contributed by atoms with Gasteiger partial charge in [-0.1, -0.05) is 17.7 Å². The van der Waals surface area contributed by atoms with Crippen molar-refractivity contribution in [3.63, 3.8) is 0 Å². The van der Waals surface area contributed by atoms with Crippen LogP contribution in [-0.2, 0) is 4.74 Å². The molecule has 0 fully saturated rings. The average Bonchev–Trinajstić information content (AvgIpc) is 2.32. The molecular weight excluding hydrogens is 218 g/mol. The zero-order chi connectivity index (χ0) is 12.7. The van der Waals surface area contributed by atoms with Crippen LogP contribution in [0.2, 0.25) is 0 Å². The number of aliphatic hydroxyl groups excluding tert-OH is 1. The number of aryl methyl sites for hydroxylation is 1. The van der Waals surface area contributed by atoms with Gasteiger partial charge in [-0.05, 0) is 19.9 Å². The van der Waals surface area contributed by atoms with Crippen molar-refractivity contribution in [3.05, 3.63) is 29.3 Å². The van der Waals surface area contributed by atoms with Crippen molar-refractivity contribution in [3.8, 4) is 5.75 Å². The van der Waals surface area contributed by atoms with Crippen LogP contribution in [0.4, 0.5) is 0 Å². The molecule has 1 atom stereocenters. The molecule has 0 aliphatic carbocycles. The standard InChI is InChI=1S/C13H21NO3/c1-10-3-4-13(16)12(9-10)11(2)14-5-7-17-8-6-15/h3-4,9,11,14-16H,5-8H2,1-2H3. The van der Waals surface area contributed by atoms with Crippen molar-refractivity contribution in [1.29, 1.82) is 0 Å². The Kier molecular flexibility index (Phi) is 5.97. The predicted octanol–water partition coefficient (Wildman–Crippen LogP) is 1.36. The van der Waals surface area contributed by atoms with Crippen molar-refractivity contribution in [2.75, 3.05) is 26.4 Å². The molecule has 0 aliphatic heterocycles. The summed E-state index contributed by atoms with van der Waals surface area (Å²) < 4.78 is 5.15. The predicted molar refractivity (Wildman–Crippen MR) is 67.2 cm³/mol. The first-order valence-corrected chi connectivity index (χ1v) is 5.86. The first-order valence-electron chi connectivity index (χ1n) is 5.86. The molecule has 1 aromatic carbocycles. The smallest absolute Gasteiger partial charge is 0.120 e. The molecular formula is C13H21NO3. The number of aromatic hydroxyl groups is 1. The molecule has 96 valence electrons. The number of aliphatic hydroxyl groups is 1. The van der Waals surface area contributed by atoms with Crippen molar-refractivity contribution >= 4 is 0 Å². The van der Waals surface area contributed by atoms with Crippen LogP contribution in [0.1, 0.15) is 24.1 Å². The molecule has 0 spiro atoms. The monoisotopic (exact) mass is 239 g/mol. The van der Waals surface area contributed by atoms with Crippen molar-refractivity contribution in [2.45, 2.75) is 19.9 Å². The minimum atomic E-state index is 0.0498. The summed E-state index contributed by atoms with van der Waals surface area (Å²) in [5.74, 6) is 0.312. The Labute approximate surface area is 102 Å². The normalized spacial score (nSPS) is 12.6. The van der Waals surface area contributed by atoms with E-state index in [-0.39, 0.29) is 12.6 Å². The molecule has 4 nitrogen and oxygen atoms in total. The van der Waals surface area contributed by atoms with E-state index in [2.05, 4.69) is 5.32 Å². The molecule has 0 radical (unpaired) electrons. The zero-order valence-electron chi connectivity index (χ0n) is 10.4. The summed E-state index contributed by atoms with van der Waals surface area (Å²) >= 11 is 0. The lowest BCUT2D eigenvalue weighted by atomic mass is 10.0. The minimum Gasteiger partial charge on any atom is -0.508 e. The maximum absolute atomic E-state index is 9.74. The van der Waals surface area contributed by atoms with E-state index in [0.29, 0.717) is 25.5 Å². The van der Waals surface area contributed by atoms with Crippen LogP contribution in [0, 0.1) is 6.92 Å². The van der Waals surface area contributed by atoms with Gasteiger partial charge in [0, 0.05) is 18.2 Å². The number of nitrogens with one attached hydrogen (secondary N) is 1. The van der Waals surface area contributed by atoms with E-state index in [1.165, 1.54) is 0 Å². The Bertz CT molecular complexity index is 341. The minimum absolute atomic E-state index is 0.0498. The van der Waals surface area contributed by atoms with Gasteiger partial charge in [0.1, 0.15) is 5.75 Å². The third-order valence-corrected chi connectivity index (χ3v) is 2.58. The van der Waals surface area contributed by atoms with Crippen LogP contribution in [-0.4, -0.2) is 36.6 Å². The van der Waals surface area contributed by atoms with Gasteiger partial charge in [0.25, 0.3) is 0 Å². The Hall–Kier alpha value is -1.10. The molecule has 1 rings (SSSR count). The number of phenolic OH excluding ortho intramolecular Hbond substituents is 1.